The first-order valence-electron chi connectivity index (χ1n) is 9.01. The van der Waals surface area contributed by atoms with Gasteiger partial charge in [-0.25, -0.2) is 13.8 Å². The first-order chi connectivity index (χ1) is 13.5. The zero-order chi connectivity index (χ0) is 20.1. The Bertz CT molecular complexity index is 839. The molecular weight excluding hydrogens is 370 g/mol. The number of nitrogens with one attached hydrogen (secondary N) is 1. The van der Waals surface area contributed by atoms with E-state index < -0.39 is 23.2 Å². The van der Waals surface area contributed by atoms with Gasteiger partial charge in [-0.05, 0) is 37.8 Å². The number of rotatable bonds is 6. The molecule has 150 valence electrons. The van der Waals surface area contributed by atoms with Crippen LogP contribution in [-0.4, -0.2) is 37.3 Å². The molecule has 0 spiro atoms. The van der Waals surface area contributed by atoms with Gasteiger partial charge in [-0.2, -0.15) is 0 Å². The molecule has 0 saturated heterocycles. The monoisotopic (exact) mass is 392 g/mol. The van der Waals surface area contributed by atoms with Crippen LogP contribution < -0.4 is 19.5 Å². The minimum Gasteiger partial charge on any atom is -0.493 e. The van der Waals surface area contributed by atoms with Crippen molar-refractivity contribution in [1.29, 1.82) is 0 Å². The average Bonchev–Trinajstić information content (AvgIpc) is 2.69. The van der Waals surface area contributed by atoms with Crippen LogP contribution in [0, 0.1) is 11.6 Å². The van der Waals surface area contributed by atoms with Gasteiger partial charge in [0, 0.05) is 12.1 Å². The van der Waals surface area contributed by atoms with Gasteiger partial charge in [0.15, 0.2) is 23.0 Å². The second-order valence-electron chi connectivity index (χ2n) is 6.54. The number of carbonyl (C=O) groups excluding carboxylic acids is 1. The van der Waals surface area contributed by atoms with Crippen LogP contribution in [0.3, 0.4) is 0 Å². The number of halogens is 2. The smallest absolute Gasteiger partial charge is 0.273 e. The molecule has 3 rings (SSSR count). The Hall–Kier alpha value is -2.90. The molecule has 0 unspecified atom stereocenters. The van der Waals surface area contributed by atoms with Gasteiger partial charge in [-0.15, -0.1) is 0 Å². The van der Waals surface area contributed by atoms with Crippen molar-refractivity contribution >= 4 is 5.91 Å². The molecule has 1 aliphatic carbocycles. The third-order valence-corrected chi connectivity index (χ3v) is 4.69. The van der Waals surface area contributed by atoms with Crippen LogP contribution in [0.1, 0.15) is 36.2 Å². The van der Waals surface area contributed by atoms with Crippen LogP contribution in [0.4, 0.5) is 8.78 Å². The standard InChI is InChI=1S/C20H22F2N2O4/c1-26-16-4-3-5-17(19(16)27-2)28-14-8-6-13(7-9-14)24-20(25)18-15(22)10-12(21)11-23-18/h3-5,10-11,13-14H,6-9H2,1-2H3,(H,24,25). The van der Waals surface area contributed by atoms with Gasteiger partial charge >= 0.3 is 0 Å². The lowest BCUT2D eigenvalue weighted by Gasteiger charge is -2.30. The van der Waals surface area contributed by atoms with Crippen molar-refractivity contribution in [2.45, 2.75) is 37.8 Å². The highest BCUT2D eigenvalue weighted by Gasteiger charge is 2.26. The van der Waals surface area contributed by atoms with Gasteiger partial charge in [-0.1, -0.05) is 6.07 Å². The van der Waals surface area contributed by atoms with E-state index in [0.29, 0.717) is 49.0 Å². The molecule has 1 amide bonds. The molecule has 0 radical (unpaired) electrons. The second-order valence-corrected chi connectivity index (χ2v) is 6.54. The predicted octanol–water partition coefficient (Wildman–Crippen LogP) is 3.50. The van der Waals surface area contributed by atoms with E-state index in [1.54, 1.807) is 20.3 Å². The van der Waals surface area contributed by atoms with E-state index in [1.807, 2.05) is 12.1 Å². The van der Waals surface area contributed by atoms with Crippen molar-refractivity contribution in [3.05, 3.63) is 47.8 Å². The van der Waals surface area contributed by atoms with E-state index in [1.165, 1.54) is 0 Å². The van der Waals surface area contributed by atoms with E-state index in [4.69, 9.17) is 14.2 Å². The summed E-state index contributed by atoms with van der Waals surface area (Å²) >= 11 is 0. The molecule has 1 aromatic heterocycles. The fraction of sp³-hybridized carbons (Fsp3) is 0.400. The van der Waals surface area contributed by atoms with Crippen LogP contribution >= 0.6 is 0 Å². The number of ether oxygens (including phenoxy) is 3. The third-order valence-electron chi connectivity index (χ3n) is 4.69. The summed E-state index contributed by atoms with van der Waals surface area (Å²) in [4.78, 5) is 15.7. The molecule has 1 saturated carbocycles. The lowest BCUT2D eigenvalue weighted by atomic mass is 9.92. The lowest BCUT2D eigenvalue weighted by molar-refractivity contribution is 0.0882. The molecular formula is C20H22F2N2O4. The maximum absolute atomic E-state index is 13.7. The van der Waals surface area contributed by atoms with Crippen molar-refractivity contribution in [2.75, 3.05) is 14.2 Å². The summed E-state index contributed by atoms with van der Waals surface area (Å²) in [5, 5.41) is 2.76. The molecule has 28 heavy (non-hydrogen) atoms. The first-order valence-corrected chi connectivity index (χ1v) is 9.01. The number of nitrogens with zero attached hydrogens (tertiary/aromatic N) is 1. The summed E-state index contributed by atoms with van der Waals surface area (Å²) in [6.45, 7) is 0. The van der Waals surface area contributed by atoms with Crippen molar-refractivity contribution in [3.8, 4) is 17.2 Å². The molecule has 2 aromatic rings. The molecule has 1 aromatic carbocycles. The predicted molar refractivity (Wildman–Crippen MR) is 97.8 cm³/mol. The largest absolute Gasteiger partial charge is 0.493 e. The first kappa shape index (κ1) is 19.9. The zero-order valence-corrected chi connectivity index (χ0v) is 15.7. The van der Waals surface area contributed by atoms with Gasteiger partial charge < -0.3 is 19.5 Å². The Labute approximate surface area is 161 Å². The summed E-state index contributed by atoms with van der Waals surface area (Å²) < 4.78 is 43.3. The van der Waals surface area contributed by atoms with Crippen molar-refractivity contribution in [3.63, 3.8) is 0 Å². The number of benzene rings is 1. The maximum Gasteiger partial charge on any atom is 0.273 e. The quantitative estimate of drug-likeness (QED) is 0.815. The third kappa shape index (κ3) is 4.49. The second kappa shape index (κ2) is 8.86. The van der Waals surface area contributed by atoms with Crippen LogP contribution in [0.5, 0.6) is 17.2 Å². The lowest BCUT2D eigenvalue weighted by Crippen LogP contribution is -2.40. The SMILES string of the molecule is COc1cccc(OC2CCC(NC(=O)c3ncc(F)cc3F)CC2)c1OC. The van der Waals surface area contributed by atoms with Gasteiger partial charge in [0.05, 0.1) is 26.5 Å². The minimum atomic E-state index is -0.973. The number of methoxy groups -OCH3 is 2. The van der Waals surface area contributed by atoms with E-state index in [0.717, 1.165) is 6.20 Å². The summed E-state index contributed by atoms with van der Waals surface area (Å²) in [6, 6.07) is 5.96. The topological polar surface area (TPSA) is 69.7 Å². The fourth-order valence-corrected chi connectivity index (χ4v) is 3.29. The Balaban J connectivity index is 1.56. The van der Waals surface area contributed by atoms with Crippen molar-refractivity contribution in [2.24, 2.45) is 0 Å². The molecule has 0 aliphatic heterocycles. The molecule has 1 fully saturated rings. The minimum absolute atomic E-state index is 0.0326. The van der Waals surface area contributed by atoms with Gasteiger partial charge in [-0.3, -0.25) is 4.79 Å². The summed E-state index contributed by atoms with van der Waals surface area (Å²) in [5.41, 5.74) is -0.402. The summed E-state index contributed by atoms with van der Waals surface area (Å²) in [5.74, 6) is -0.698. The van der Waals surface area contributed by atoms with Gasteiger partial charge in [0.1, 0.15) is 5.82 Å². The fourth-order valence-electron chi connectivity index (χ4n) is 3.29. The highest BCUT2D eigenvalue weighted by Crippen LogP contribution is 2.38. The molecule has 1 N–H and O–H groups in total. The number of para-hydroxylation sites is 1. The molecule has 1 heterocycles. The van der Waals surface area contributed by atoms with Crippen molar-refractivity contribution < 1.29 is 27.8 Å². The number of hydrogen-bond donors (Lipinski definition) is 1. The number of hydrogen-bond acceptors (Lipinski definition) is 5. The molecule has 8 heteroatoms. The maximum atomic E-state index is 13.7. The molecule has 1 aliphatic rings. The van der Waals surface area contributed by atoms with Crippen LogP contribution in [-0.2, 0) is 0 Å². The molecule has 0 bridgehead atoms. The van der Waals surface area contributed by atoms with Crippen molar-refractivity contribution in [1.82, 2.24) is 10.3 Å². The van der Waals surface area contributed by atoms with E-state index in [-0.39, 0.29) is 12.1 Å². The zero-order valence-electron chi connectivity index (χ0n) is 15.7. The average molecular weight is 392 g/mol. The van der Waals surface area contributed by atoms with Crippen LogP contribution in [0.25, 0.3) is 0 Å². The summed E-state index contributed by atoms with van der Waals surface area (Å²) in [7, 11) is 3.12. The van der Waals surface area contributed by atoms with Gasteiger partial charge in [0.2, 0.25) is 5.75 Å². The Morgan fingerprint density at radius 1 is 1.11 bits per heavy atom. The van der Waals surface area contributed by atoms with Crippen LogP contribution in [0.15, 0.2) is 30.5 Å². The number of aromatic nitrogens is 1. The summed E-state index contributed by atoms with van der Waals surface area (Å²) in [6.07, 6.45) is 3.56. The van der Waals surface area contributed by atoms with E-state index >= 15 is 0 Å². The van der Waals surface area contributed by atoms with Gasteiger partial charge in [0.25, 0.3) is 5.91 Å². The van der Waals surface area contributed by atoms with E-state index in [2.05, 4.69) is 10.3 Å². The molecule has 0 atom stereocenters. The Kier molecular flexibility index (Phi) is 6.28. The van der Waals surface area contributed by atoms with Crippen LogP contribution in [0.2, 0.25) is 0 Å². The number of pyridine rings is 1. The normalized spacial score (nSPS) is 19.0. The number of amides is 1. The van der Waals surface area contributed by atoms with E-state index in [9.17, 15) is 13.6 Å². The number of carbonyl (C=O) groups is 1. The molecule has 6 nitrogen and oxygen atoms in total. The Morgan fingerprint density at radius 3 is 2.46 bits per heavy atom. The Morgan fingerprint density at radius 2 is 1.82 bits per heavy atom. The highest BCUT2D eigenvalue weighted by atomic mass is 19.1. The highest BCUT2D eigenvalue weighted by molar-refractivity contribution is 5.92.